The van der Waals surface area contributed by atoms with E-state index in [0.717, 1.165) is 32.4 Å². The summed E-state index contributed by atoms with van der Waals surface area (Å²) in [5.74, 6) is 0. The highest BCUT2D eigenvalue weighted by molar-refractivity contribution is 5.74. The Bertz CT molecular complexity index is 182. The maximum absolute atomic E-state index is 11.8. The zero-order valence-corrected chi connectivity index (χ0v) is 8.92. The molecule has 0 saturated carbocycles. The predicted molar refractivity (Wildman–Crippen MR) is 53.7 cm³/mol. The first-order valence-corrected chi connectivity index (χ1v) is 5.18. The van der Waals surface area contributed by atoms with Crippen LogP contribution in [0.15, 0.2) is 0 Å². The Morgan fingerprint density at radius 2 is 2.31 bits per heavy atom. The highest BCUT2D eigenvalue weighted by atomic mass is 16.2. The summed E-state index contributed by atoms with van der Waals surface area (Å²) in [7, 11) is 1.89. The zero-order valence-electron chi connectivity index (χ0n) is 8.92. The van der Waals surface area contributed by atoms with Crippen molar-refractivity contribution in [1.82, 2.24) is 9.80 Å². The van der Waals surface area contributed by atoms with Gasteiger partial charge in [-0.15, -0.1) is 0 Å². The van der Waals surface area contributed by atoms with Crippen LogP contribution in [0.4, 0.5) is 4.79 Å². The van der Waals surface area contributed by atoms with Crippen molar-refractivity contribution in [1.29, 1.82) is 0 Å². The van der Waals surface area contributed by atoms with Gasteiger partial charge in [0.15, 0.2) is 0 Å². The molecule has 1 heterocycles. The molecule has 0 aliphatic carbocycles. The largest absolute Gasteiger partial charge is 0.328 e. The zero-order chi connectivity index (χ0) is 9.84. The molecule has 0 bridgehead atoms. The lowest BCUT2D eigenvalue weighted by molar-refractivity contribution is 0.161. The van der Waals surface area contributed by atoms with Crippen molar-refractivity contribution < 1.29 is 4.79 Å². The number of likely N-dealkylation sites (tertiary alicyclic amines) is 1. The fourth-order valence-electron chi connectivity index (χ4n) is 1.87. The topological polar surface area (TPSA) is 23.6 Å². The second-order valence-corrected chi connectivity index (χ2v) is 3.89. The summed E-state index contributed by atoms with van der Waals surface area (Å²) in [6, 6.07) is 0.638. The third-order valence-electron chi connectivity index (χ3n) is 2.68. The van der Waals surface area contributed by atoms with Gasteiger partial charge in [0.05, 0.1) is 0 Å². The summed E-state index contributed by atoms with van der Waals surface area (Å²) in [5, 5.41) is 0. The second kappa shape index (κ2) is 4.49. The molecule has 3 nitrogen and oxygen atoms in total. The average molecular weight is 184 g/mol. The number of hydrogen-bond acceptors (Lipinski definition) is 1. The number of hydrogen-bond donors (Lipinski definition) is 0. The van der Waals surface area contributed by atoms with Crippen LogP contribution in [0.1, 0.15) is 33.1 Å². The van der Waals surface area contributed by atoms with Crippen LogP contribution in [0, 0.1) is 0 Å². The van der Waals surface area contributed by atoms with E-state index in [4.69, 9.17) is 0 Å². The van der Waals surface area contributed by atoms with E-state index in [1.165, 1.54) is 0 Å². The molecular formula is C10H20N2O. The summed E-state index contributed by atoms with van der Waals surface area (Å²) in [6.07, 6.45) is 3.35. The minimum absolute atomic E-state index is 0.201. The molecule has 0 radical (unpaired) electrons. The van der Waals surface area contributed by atoms with Crippen LogP contribution >= 0.6 is 0 Å². The number of carbonyl (C=O) groups is 1. The molecule has 76 valence electrons. The van der Waals surface area contributed by atoms with Crippen LogP contribution in [0.3, 0.4) is 0 Å². The van der Waals surface area contributed by atoms with Crippen LogP contribution in [0.5, 0.6) is 0 Å². The lowest BCUT2D eigenvalue weighted by Crippen LogP contribution is -2.42. The van der Waals surface area contributed by atoms with E-state index >= 15 is 0 Å². The van der Waals surface area contributed by atoms with E-state index in [1.807, 2.05) is 16.8 Å². The molecule has 0 aromatic heterocycles. The van der Waals surface area contributed by atoms with E-state index in [-0.39, 0.29) is 6.03 Å². The molecule has 13 heavy (non-hydrogen) atoms. The van der Waals surface area contributed by atoms with Gasteiger partial charge < -0.3 is 9.80 Å². The molecule has 0 unspecified atom stereocenters. The Morgan fingerprint density at radius 3 is 2.77 bits per heavy atom. The Balaban J connectivity index is 2.46. The molecule has 1 fully saturated rings. The van der Waals surface area contributed by atoms with Crippen molar-refractivity contribution in [3.63, 3.8) is 0 Å². The number of carbonyl (C=O) groups excluding carboxylic acids is 1. The monoisotopic (exact) mass is 184 g/mol. The smallest absolute Gasteiger partial charge is 0.319 e. The van der Waals surface area contributed by atoms with E-state index < -0.39 is 0 Å². The van der Waals surface area contributed by atoms with Gasteiger partial charge in [0.1, 0.15) is 0 Å². The van der Waals surface area contributed by atoms with Crippen LogP contribution < -0.4 is 0 Å². The lowest BCUT2D eigenvalue weighted by Gasteiger charge is -2.27. The Kier molecular flexibility index (Phi) is 3.58. The van der Waals surface area contributed by atoms with Crippen LogP contribution in [0.2, 0.25) is 0 Å². The van der Waals surface area contributed by atoms with Gasteiger partial charge in [-0.1, -0.05) is 6.92 Å². The van der Waals surface area contributed by atoms with E-state index in [2.05, 4.69) is 13.8 Å². The molecule has 1 rings (SSSR count). The van der Waals surface area contributed by atoms with Crippen LogP contribution in [0.25, 0.3) is 0 Å². The maximum Gasteiger partial charge on any atom is 0.319 e. The summed E-state index contributed by atoms with van der Waals surface area (Å²) in [4.78, 5) is 15.6. The molecule has 0 aromatic carbocycles. The van der Waals surface area contributed by atoms with Crippen molar-refractivity contribution in [2.45, 2.75) is 39.2 Å². The minimum Gasteiger partial charge on any atom is -0.328 e. The number of amides is 2. The summed E-state index contributed by atoms with van der Waals surface area (Å²) in [5.41, 5.74) is 0. The van der Waals surface area contributed by atoms with Gasteiger partial charge in [-0.3, -0.25) is 0 Å². The van der Waals surface area contributed by atoms with Gasteiger partial charge in [0.2, 0.25) is 0 Å². The summed E-state index contributed by atoms with van der Waals surface area (Å²) >= 11 is 0. The molecule has 1 atom stereocenters. The Morgan fingerprint density at radius 1 is 1.62 bits per heavy atom. The maximum atomic E-state index is 11.8. The fourth-order valence-corrected chi connectivity index (χ4v) is 1.87. The highest BCUT2D eigenvalue weighted by Crippen LogP contribution is 2.17. The molecule has 1 aliphatic heterocycles. The van der Waals surface area contributed by atoms with Gasteiger partial charge in [0.25, 0.3) is 0 Å². The molecule has 0 spiro atoms. The first kappa shape index (κ1) is 10.4. The molecule has 3 heteroatoms. The van der Waals surface area contributed by atoms with Crippen molar-refractivity contribution >= 4 is 6.03 Å². The quantitative estimate of drug-likeness (QED) is 0.643. The van der Waals surface area contributed by atoms with Crippen LogP contribution in [-0.4, -0.2) is 42.0 Å². The van der Waals surface area contributed by atoms with Gasteiger partial charge in [-0.2, -0.15) is 0 Å². The standard InChI is InChI=1S/C10H20N2O/c1-4-7-11(3)10(13)12-8-5-6-9(12)2/h9H,4-8H2,1-3H3/t9-/m1/s1. The van der Waals surface area contributed by atoms with Crippen molar-refractivity contribution in [2.75, 3.05) is 20.1 Å². The third-order valence-corrected chi connectivity index (χ3v) is 2.68. The number of urea groups is 1. The first-order valence-electron chi connectivity index (χ1n) is 5.18. The summed E-state index contributed by atoms with van der Waals surface area (Å²) < 4.78 is 0. The van der Waals surface area contributed by atoms with Gasteiger partial charge in [-0.05, 0) is 26.2 Å². The fraction of sp³-hybridized carbons (Fsp3) is 0.900. The normalized spacial score (nSPS) is 22.1. The van der Waals surface area contributed by atoms with Gasteiger partial charge >= 0.3 is 6.03 Å². The average Bonchev–Trinajstić information content (AvgIpc) is 2.50. The second-order valence-electron chi connectivity index (χ2n) is 3.89. The minimum atomic E-state index is 0.201. The van der Waals surface area contributed by atoms with Crippen molar-refractivity contribution in [2.24, 2.45) is 0 Å². The lowest BCUT2D eigenvalue weighted by atomic mass is 10.2. The molecular weight excluding hydrogens is 164 g/mol. The van der Waals surface area contributed by atoms with E-state index in [9.17, 15) is 4.79 Å². The van der Waals surface area contributed by atoms with Crippen molar-refractivity contribution in [3.05, 3.63) is 0 Å². The molecule has 1 aliphatic rings. The number of rotatable bonds is 2. The van der Waals surface area contributed by atoms with E-state index in [1.54, 1.807) is 0 Å². The molecule has 1 saturated heterocycles. The van der Waals surface area contributed by atoms with Gasteiger partial charge in [0, 0.05) is 26.2 Å². The predicted octanol–water partition coefficient (Wildman–Crippen LogP) is 1.93. The first-order chi connectivity index (χ1) is 6.16. The summed E-state index contributed by atoms with van der Waals surface area (Å²) in [6.45, 7) is 6.03. The van der Waals surface area contributed by atoms with Crippen molar-refractivity contribution in [3.8, 4) is 0 Å². The SMILES string of the molecule is CCCN(C)C(=O)N1CCC[C@H]1C. The van der Waals surface area contributed by atoms with E-state index in [0.29, 0.717) is 6.04 Å². The number of nitrogens with zero attached hydrogens (tertiary/aromatic N) is 2. The third kappa shape index (κ3) is 2.36. The van der Waals surface area contributed by atoms with Crippen LogP contribution in [-0.2, 0) is 0 Å². The van der Waals surface area contributed by atoms with Gasteiger partial charge in [-0.25, -0.2) is 4.79 Å². The molecule has 0 N–H and O–H groups in total. The highest BCUT2D eigenvalue weighted by Gasteiger charge is 2.26. The Hall–Kier alpha value is -0.730. The molecule has 0 aromatic rings. The Labute approximate surface area is 80.7 Å². The molecule has 2 amide bonds.